The van der Waals surface area contributed by atoms with Crippen LogP contribution in [0.25, 0.3) is 21.9 Å². The van der Waals surface area contributed by atoms with E-state index in [1.165, 1.54) is 0 Å². The van der Waals surface area contributed by atoms with E-state index in [1.807, 2.05) is 19.1 Å². The van der Waals surface area contributed by atoms with Gasteiger partial charge in [0.2, 0.25) is 0 Å². The first-order valence-corrected chi connectivity index (χ1v) is 10.3. The molecule has 3 aromatic rings. The van der Waals surface area contributed by atoms with Crippen LogP contribution in [0.3, 0.4) is 0 Å². The fraction of sp³-hybridized carbons (Fsp3) is 0.476. The summed E-state index contributed by atoms with van der Waals surface area (Å²) in [5, 5.41) is 0.843. The fourth-order valence-electron chi connectivity index (χ4n) is 3.68. The van der Waals surface area contributed by atoms with E-state index < -0.39 is 0 Å². The van der Waals surface area contributed by atoms with Crippen LogP contribution in [-0.2, 0) is 22.6 Å². The fourth-order valence-corrected chi connectivity index (χ4v) is 3.68. The maximum absolute atomic E-state index is 12.5. The van der Waals surface area contributed by atoms with Crippen LogP contribution in [0.15, 0.2) is 18.2 Å². The van der Waals surface area contributed by atoms with Gasteiger partial charge in [0.05, 0.1) is 24.2 Å². The number of nitrogen functional groups attached to an aromatic ring is 1. The Morgan fingerprint density at radius 3 is 2.77 bits per heavy atom. The Hall–Kier alpha value is -2.91. The first-order chi connectivity index (χ1) is 14.6. The van der Waals surface area contributed by atoms with Crippen LogP contribution in [0.2, 0.25) is 0 Å². The van der Waals surface area contributed by atoms with E-state index in [1.54, 1.807) is 11.0 Å². The molecule has 0 saturated carbocycles. The van der Waals surface area contributed by atoms with Crippen molar-refractivity contribution in [1.82, 2.24) is 19.4 Å². The molecule has 2 aromatic heterocycles. The van der Waals surface area contributed by atoms with Crippen molar-refractivity contribution in [3.63, 3.8) is 0 Å². The minimum absolute atomic E-state index is 0.378. The van der Waals surface area contributed by atoms with Crippen molar-refractivity contribution in [2.75, 3.05) is 38.6 Å². The van der Waals surface area contributed by atoms with Gasteiger partial charge in [-0.2, -0.15) is 0 Å². The van der Waals surface area contributed by atoms with Crippen molar-refractivity contribution in [3.05, 3.63) is 24.0 Å². The van der Waals surface area contributed by atoms with Crippen LogP contribution in [0.4, 0.5) is 10.6 Å². The Labute approximate surface area is 174 Å². The molecule has 3 heterocycles. The molecule has 1 aliphatic heterocycles. The molecule has 9 nitrogen and oxygen atoms in total. The summed E-state index contributed by atoms with van der Waals surface area (Å²) in [4.78, 5) is 23.3. The lowest BCUT2D eigenvalue weighted by atomic mass is 10.1. The van der Waals surface area contributed by atoms with E-state index in [9.17, 15) is 4.79 Å². The molecule has 0 spiro atoms. The van der Waals surface area contributed by atoms with Crippen LogP contribution >= 0.6 is 0 Å². The monoisotopic (exact) mass is 413 g/mol. The van der Waals surface area contributed by atoms with E-state index in [-0.39, 0.29) is 6.09 Å². The predicted molar refractivity (Wildman–Crippen MR) is 113 cm³/mol. The largest absolute Gasteiger partial charge is 0.415 e. The highest BCUT2D eigenvalue weighted by Crippen LogP contribution is 2.32. The third-order valence-corrected chi connectivity index (χ3v) is 5.11. The molecule has 0 atom stereocenters. The summed E-state index contributed by atoms with van der Waals surface area (Å²) in [6.45, 7) is 7.94. The first kappa shape index (κ1) is 20.4. The van der Waals surface area contributed by atoms with Gasteiger partial charge in [-0.3, -0.25) is 0 Å². The molecule has 1 aromatic carbocycles. The van der Waals surface area contributed by atoms with E-state index in [4.69, 9.17) is 24.9 Å². The SMILES string of the molecule is CCCn1c(COCC)nc2c(N)nc3ccc(OC(=O)N4CCOCC4)cc3c21. The van der Waals surface area contributed by atoms with Gasteiger partial charge in [0.15, 0.2) is 5.82 Å². The summed E-state index contributed by atoms with van der Waals surface area (Å²) in [6, 6.07) is 5.39. The zero-order chi connectivity index (χ0) is 21.1. The number of fused-ring (bicyclic) bond motifs is 3. The highest BCUT2D eigenvalue weighted by atomic mass is 16.6. The smallest absolute Gasteiger partial charge is 0.410 e. The van der Waals surface area contributed by atoms with Crippen molar-refractivity contribution in [2.24, 2.45) is 0 Å². The van der Waals surface area contributed by atoms with Crippen molar-refractivity contribution < 1.29 is 19.0 Å². The van der Waals surface area contributed by atoms with Crippen LogP contribution in [0, 0.1) is 0 Å². The summed E-state index contributed by atoms with van der Waals surface area (Å²) >= 11 is 0. The summed E-state index contributed by atoms with van der Waals surface area (Å²) in [7, 11) is 0. The number of hydrogen-bond acceptors (Lipinski definition) is 7. The second-order valence-electron chi connectivity index (χ2n) is 7.16. The average Bonchev–Trinajstić information content (AvgIpc) is 3.13. The Balaban J connectivity index is 1.77. The molecular weight excluding hydrogens is 386 g/mol. The van der Waals surface area contributed by atoms with E-state index in [0.29, 0.717) is 56.6 Å². The quantitative estimate of drug-likeness (QED) is 0.662. The molecule has 160 valence electrons. The van der Waals surface area contributed by atoms with Gasteiger partial charge in [-0.05, 0) is 31.5 Å². The highest BCUT2D eigenvalue weighted by Gasteiger charge is 2.21. The number of aryl methyl sites for hydroxylation is 1. The average molecular weight is 413 g/mol. The lowest BCUT2D eigenvalue weighted by Crippen LogP contribution is -2.42. The summed E-state index contributed by atoms with van der Waals surface area (Å²) < 4.78 is 18.7. The van der Waals surface area contributed by atoms with Crippen molar-refractivity contribution >= 4 is 33.8 Å². The van der Waals surface area contributed by atoms with E-state index in [0.717, 1.165) is 35.2 Å². The van der Waals surface area contributed by atoms with Gasteiger partial charge >= 0.3 is 6.09 Å². The molecule has 9 heteroatoms. The molecule has 0 unspecified atom stereocenters. The van der Waals surface area contributed by atoms with Crippen LogP contribution in [0.5, 0.6) is 5.75 Å². The number of morpholine rings is 1. The molecule has 4 rings (SSSR count). The van der Waals surface area contributed by atoms with E-state index in [2.05, 4.69) is 16.5 Å². The molecule has 0 radical (unpaired) electrons. The van der Waals surface area contributed by atoms with Crippen LogP contribution < -0.4 is 10.5 Å². The highest BCUT2D eigenvalue weighted by molar-refractivity contribution is 6.07. The lowest BCUT2D eigenvalue weighted by molar-refractivity contribution is 0.0416. The Morgan fingerprint density at radius 1 is 1.23 bits per heavy atom. The number of ether oxygens (including phenoxy) is 3. The summed E-state index contributed by atoms with van der Waals surface area (Å²) in [6.07, 6.45) is 0.552. The molecule has 1 saturated heterocycles. The third-order valence-electron chi connectivity index (χ3n) is 5.11. The maximum Gasteiger partial charge on any atom is 0.415 e. The normalized spacial score (nSPS) is 14.5. The minimum atomic E-state index is -0.378. The van der Waals surface area contributed by atoms with Gasteiger partial charge < -0.3 is 29.4 Å². The number of carbonyl (C=O) groups is 1. The molecule has 0 bridgehead atoms. The number of rotatable bonds is 6. The van der Waals surface area contributed by atoms with Crippen LogP contribution in [-0.4, -0.2) is 58.4 Å². The third kappa shape index (κ3) is 3.90. The number of anilines is 1. The first-order valence-electron chi connectivity index (χ1n) is 10.3. The van der Waals surface area contributed by atoms with Gasteiger partial charge in [0.25, 0.3) is 0 Å². The number of benzene rings is 1. The van der Waals surface area contributed by atoms with Gasteiger partial charge in [-0.25, -0.2) is 14.8 Å². The molecule has 1 aliphatic rings. The Bertz CT molecular complexity index is 1060. The maximum atomic E-state index is 12.5. The zero-order valence-electron chi connectivity index (χ0n) is 17.4. The predicted octanol–water partition coefficient (Wildman–Crippen LogP) is 2.94. The van der Waals surface area contributed by atoms with E-state index >= 15 is 0 Å². The zero-order valence-corrected chi connectivity index (χ0v) is 17.4. The lowest BCUT2D eigenvalue weighted by Gasteiger charge is -2.25. The van der Waals surface area contributed by atoms with Crippen molar-refractivity contribution in [2.45, 2.75) is 33.4 Å². The summed E-state index contributed by atoms with van der Waals surface area (Å²) in [5.41, 5.74) is 8.47. The topological polar surface area (TPSA) is 105 Å². The number of carbonyl (C=O) groups excluding carboxylic acids is 1. The second kappa shape index (κ2) is 8.85. The molecule has 1 amide bonds. The molecule has 2 N–H and O–H groups in total. The van der Waals surface area contributed by atoms with Gasteiger partial charge in [0.1, 0.15) is 23.7 Å². The van der Waals surface area contributed by atoms with Gasteiger partial charge in [-0.15, -0.1) is 0 Å². The number of pyridine rings is 1. The standard InChI is InChI=1S/C21H27N5O4/c1-3-7-26-17(13-28-4-2)24-18-19(26)15-12-14(5-6-16(15)23-20(18)22)30-21(27)25-8-10-29-11-9-25/h5-6,12H,3-4,7-11,13H2,1-2H3,(H2,22,23). The number of amides is 1. The molecule has 30 heavy (non-hydrogen) atoms. The number of imidazole rings is 1. The minimum Gasteiger partial charge on any atom is -0.410 e. The van der Waals surface area contributed by atoms with Crippen molar-refractivity contribution in [3.8, 4) is 5.75 Å². The number of hydrogen-bond donors (Lipinski definition) is 1. The molecule has 0 aliphatic carbocycles. The number of aromatic nitrogens is 3. The molecular formula is C21H27N5O4. The molecule has 1 fully saturated rings. The van der Waals surface area contributed by atoms with Gasteiger partial charge in [0, 0.05) is 31.6 Å². The van der Waals surface area contributed by atoms with Crippen molar-refractivity contribution in [1.29, 1.82) is 0 Å². The number of nitrogens with two attached hydrogens (primary N) is 1. The Kier molecular flexibility index (Phi) is 6.01. The number of nitrogens with zero attached hydrogens (tertiary/aromatic N) is 4. The Morgan fingerprint density at radius 2 is 2.03 bits per heavy atom. The second-order valence-corrected chi connectivity index (χ2v) is 7.16. The summed E-state index contributed by atoms with van der Waals surface area (Å²) in [5.74, 6) is 1.65. The van der Waals surface area contributed by atoms with Crippen LogP contribution in [0.1, 0.15) is 26.1 Å². The van der Waals surface area contributed by atoms with Gasteiger partial charge in [-0.1, -0.05) is 6.92 Å².